The van der Waals surface area contributed by atoms with Crippen LogP contribution in [-0.2, 0) is 27.1 Å². The average molecular weight is 308 g/mol. The quantitative estimate of drug-likeness (QED) is 0.755. The first-order valence-electron chi connectivity index (χ1n) is 8.52. The zero-order valence-electron chi connectivity index (χ0n) is 14.4. The van der Waals surface area contributed by atoms with E-state index in [1.54, 1.807) is 0 Å². The SMILES string of the molecule is CCc1ccc2c(c1)C1(OCCO1)c1cc(C(C)(C)C)ccc1-2. The summed E-state index contributed by atoms with van der Waals surface area (Å²) in [7, 11) is 0. The first kappa shape index (κ1) is 14.9. The number of hydrogen-bond acceptors (Lipinski definition) is 2. The van der Waals surface area contributed by atoms with Gasteiger partial charge in [0.05, 0.1) is 13.2 Å². The largest absolute Gasteiger partial charge is 0.340 e. The van der Waals surface area contributed by atoms with Gasteiger partial charge in [-0.3, -0.25) is 0 Å². The smallest absolute Gasteiger partial charge is 0.223 e. The molecule has 2 aromatic rings. The molecule has 4 rings (SSSR count). The number of fused-ring (bicyclic) bond motifs is 5. The molecule has 0 amide bonds. The summed E-state index contributed by atoms with van der Waals surface area (Å²) in [5, 5.41) is 0. The molecule has 2 nitrogen and oxygen atoms in total. The lowest BCUT2D eigenvalue weighted by Crippen LogP contribution is -2.26. The maximum Gasteiger partial charge on any atom is 0.223 e. The van der Waals surface area contributed by atoms with Gasteiger partial charge in [-0.05, 0) is 46.2 Å². The van der Waals surface area contributed by atoms with Crippen molar-refractivity contribution >= 4 is 0 Å². The van der Waals surface area contributed by atoms with E-state index in [1.807, 2.05) is 0 Å². The number of rotatable bonds is 1. The first-order chi connectivity index (χ1) is 11.0. The zero-order valence-corrected chi connectivity index (χ0v) is 14.4. The lowest BCUT2D eigenvalue weighted by Gasteiger charge is -2.27. The summed E-state index contributed by atoms with van der Waals surface area (Å²) in [6.07, 6.45) is 1.02. The van der Waals surface area contributed by atoms with Gasteiger partial charge >= 0.3 is 0 Å². The van der Waals surface area contributed by atoms with Crippen LogP contribution >= 0.6 is 0 Å². The second-order valence-electron chi connectivity index (χ2n) is 7.56. The molecule has 0 atom stereocenters. The van der Waals surface area contributed by atoms with Crippen molar-refractivity contribution in [2.45, 2.75) is 45.3 Å². The van der Waals surface area contributed by atoms with Crippen molar-refractivity contribution in [1.29, 1.82) is 0 Å². The summed E-state index contributed by atoms with van der Waals surface area (Å²) < 4.78 is 12.4. The number of benzene rings is 2. The van der Waals surface area contributed by atoms with Gasteiger partial charge < -0.3 is 9.47 Å². The van der Waals surface area contributed by atoms with E-state index in [2.05, 4.69) is 64.1 Å². The molecule has 2 aromatic carbocycles. The average Bonchev–Trinajstić information content (AvgIpc) is 3.12. The van der Waals surface area contributed by atoms with Crippen LogP contribution in [0.3, 0.4) is 0 Å². The molecule has 1 fully saturated rings. The van der Waals surface area contributed by atoms with Crippen LogP contribution < -0.4 is 0 Å². The predicted octanol–water partition coefficient (Wildman–Crippen LogP) is 4.77. The van der Waals surface area contributed by atoms with Crippen molar-refractivity contribution in [3.05, 3.63) is 58.7 Å². The normalized spacial score (nSPS) is 18.3. The Kier molecular flexibility index (Phi) is 3.20. The second kappa shape index (κ2) is 4.93. The maximum atomic E-state index is 6.20. The lowest BCUT2D eigenvalue weighted by atomic mass is 9.85. The highest BCUT2D eigenvalue weighted by Crippen LogP contribution is 2.53. The Labute approximate surface area is 138 Å². The van der Waals surface area contributed by atoms with Crippen molar-refractivity contribution in [1.82, 2.24) is 0 Å². The van der Waals surface area contributed by atoms with Gasteiger partial charge in [-0.1, -0.05) is 52.0 Å². The Bertz CT molecular complexity index is 762. The molecule has 0 aromatic heterocycles. The first-order valence-corrected chi connectivity index (χ1v) is 8.52. The molecule has 1 spiro atoms. The molecule has 2 aliphatic rings. The van der Waals surface area contributed by atoms with Gasteiger partial charge in [-0.15, -0.1) is 0 Å². The standard InChI is InChI=1S/C21H24O2/c1-5-14-6-8-16-17-9-7-15(20(2,3)4)13-19(17)21(18(16)12-14)22-10-11-23-21/h6-9,12-13H,5,10-11H2,1-4H3. The molecule has 0 radical (unpaired) electrons. The van der Waals surface area contributed by atoms with E-state index in [-0.39, 0.29) is 5.41 Å². The van der Waals surface area contributed by atoms with E-state index in [1.165, 1.54) is 33.4 Å². The van der Waals surface area contributed by atoms with Crippen molar-refractivity contribution in [3.63, 3.8) is 0 Å². The van der Waals surface area contributed by atoms with E-state index in [0.29, 0.717) is 13.2 Å². The highest BCUT2D eigenvalue weighted by molar-refractivity contribution is 5.80. The molecule has 0 bridgehead atoms. The van der Waals surface area contributed by atoms with Crippen LogP contribution in [0.25, 0.3) is 11.1 Å². The van der Waals surface area contributed by atoms with Crippen LogP contribution in [-0.4, -0.2) is 13.2 Å². The zero-order chi connectivity index (χ0) is 16.2. The molecule has 0 unspecified atom stereocenters. The molecule has 120 valence electrons. The van der Waals surface area contributed by atoms with Crippen LogP contribution in [0.15, 0.2) is 36.4 Å². The minimum atomic E-state index is -0.697. The molecule has 23 heavy (non-hydrogen) atoms. The van der Waals surface area contributed by atoms with E-state index in [9.17, 15) is 0 Å². The third-order valence-corrected chi connectivity index (χ3v) is 5.07. The molecular formula is C21H24O2. The fraction of sp³-hybridized carbons (Fsp3) is 0.429. The summed E-state index contributed by atoms with van der Waals surface area (Å²) in [6, 6.07) is 13.5. The van der Waals surface area contributed by atoms with Crippen molar-refractivity contribution in [2.24, 2.45) is 0 Å². The summed E-state index contributed by atoms with van der Waals surface area (Å²) >= 11 is 0. The number of hydrogen-bond donors (Lipinski definition) is 0. The molecular weight excluding hydrogens is 284 g/mol. The van der Waals surface area contributed by atoms with Crippen molar-refractivity contribution in [2.75, 3.05) is 13.2 Å². The number of aryl methyl sites for hydroxylation is 1. The molecule has 0 saturated carbocycles. The minimum Gasteiger partial charge on any atom is -0.340 e. The Balaban J connectivity index is 1.97. The predicted molar refractivity (Wildman–Crippen MR) is 92.6 cm³/mol. The highest BCUT2D eigenvalue weighted by atomic mass is 16.7. The van der Waals surface area contributed by atoms with E-state index < -0.39 is 5.79 Å². The van der Waals surface area contributed by atoms with Crippen LogP contribution in [0.5, 0.6) is 0 Å². The Morgan fingerprint density at radius 1 is 0.913 bits per heavy atom. The topological polar surface area (TPSA) is 18.5 Å². The fourth-order valence-electron chi connectivity index (χ4n) is 3.70. The monoisotopic (exact) mass is 308 g/mol. The van der Waals surface area contributed by atoms with Gasteiger partial charge in [0.25, 0.3) is 0 Å². The Hall–Kier alpha value is -1.64. The number of ether oxygens (including phenoxy) is 2. The van der Waals surface area contributed by atoms with Crippen molar-refractivity contribution in [3.8, 4) is 11.1 Å². The van der Waals surface area contributed by atoms with Gasteiger partial charge in [-0.25, -0.2) is 0 Å². The Morgan fingerprint density at radius 3 is 2.13 bits per heavy atom. The van der Waals surface area contributed by atoms with Gasteiger partial charge in [0.15, 0.2) is 0 Å². The van der Waals surface area contributed by atoms with E-state index in [0.717, 1.165) is 6.42 Å². The van der Waals surface area contributed by atoms with Gasteiger partial charge in [0.2, 0.25) is 5.79 Å². The van der Waals surface area contributed by atoms with Crippen LogP contribution in [0, 0.1) is 0 Å². The summed E-state index contributed by atoms with van der Waals surface area (Å²) in [4.78, 5) is 0. The Morgan fingerprint density at radius 2 is 1.52 bits per heavy atom. The molecule has 1 heterocycles. The van der Waals surface area contributed by atoms with Gasteiger partial charge in [-0.2, -0.15) is 0 Å². The van der Waals surface area contributed by atoms with E-state index >= 15 is 0 Å². The third-order valence-electron chi connectivity index (χ3n) is 5.07. The third kappa shape index (κ3) is 2.09. The molecule has 1 aliphatic heterocycles. The van der Waals surface area contributed by atoms with Gasteiger partial charge in [0.1, 0.15) is 0 Å². The minimum absolute atomic E-state index is 0.109. The lowest BCUT2D eigenvalue weighted by molar-refractivity contribution is -0.126. The van der Waals surface area contributed by atoms with Crippen molar-refractivity contribution < 1.29 is 9.47 Å². The highest BCUT2D eigenvalue weighted by Gasteiger charge is 2.48. The van der Waals surface area contributed by atoms with Crippen LogP contribution in [0.4, 0.5) is 0 Å². The summed E-state index contributed by atoms with van der Waals surface area (Å²) in [5.74, 6) is -0.697. The molecule has 1 aliphatic carbocycles. The maximum absolute atomic E-state index is 6.20. The molecule has 2 heteroatoms. The van der Waals surface area contributed by atoms with Crippen LogP contribution in [0.2, 0.25) is 0 Å². The summed E-state index contributed by atoms with van der Waals surface area (Å²) in [6.45, 7) is 10.2. The summed E-state index contributed by atoms with van der Waals surface area (Å²) in [5.41, 5.74) is 7.60. The van der Waals surface area contributed by atoms with E-state index in [4.69, 9.17) is 9.47 Å². The van der Waals surface area contributed by atoms with Crippen LogP contribution in [0.1, 0.15) is 49.9 Å². The molecule has 1 saturated heterocycles. The van der Waals surface area contributed by atoms with Gasteiger partial charge in [0, 0.05) is 11.1 Å². The molecule has 0 N–H and O–H groups in total. The fourth-order valence-corrected chi connectivity index (χ4v) is 3.70. The second-order valence-corrected chi connectivity index (χ2v) is 7.56.